The van der Waals surface area contributed by atoms with Crippen molar-refractivity contribution in [3.05, 3.63) is 0 Å². The maximum atomic E-state index is 11.6. The largest absolute Gasteiger partial charge is 0.381 e. The van der Waals surface area contributed by atoms with Crippen LogP contribution in [-0.4, -0.2) is 19.1 Å². The van der Waals surface area contributed by atoms with Crippen molar-refractivity contribution in [1.82, 2.24) is 0 Å². The highest BCUT2D eigenvalue weighted by Gasteiger charge is 2.38. The molecule has 3 heteroatoms. The molecule has 2 N–H and O–H groups in total. The predicted octanol–water partition coefficient (Wildman–Crippen LogP) is 2.09. The van der Waals surface area contributed by atoms with Gasteiger partial charge < -0.3 is 10.5 Å². The van der Waals surface area contributed by atoms with E-state index in [9.17, 15) is 4.79 Å². The van der Waals surface area contributed by atoms with Gasteiger partial charge in [0.2, 0.25) is 5.91 Å². The summed E-state index contributed by atoms with van der Waals surface area (Å²) in [4.78, 5) is 11.6. The molecular formula is C12H23NO2. The molecule has 0 saturated carbocycles. The van der Waals surface area contributed by atoms with E-state index in [1.807, 2.05) is 0 Å². The molecule has 1 fully saturated rings. The number of carbonyl (C=O) groups excluding carboxylic acids is 1. The third kappa shape index (κ3) is 3.49. The van der Waals surface area contributed by atoms with Gasteiger partial charge in [-0.2, -0.15) is 0 Å². The molecule has 0 spiro atoms. The fourth-order valence-corrected chi connectivity index (χ4v) is 2.00. The van der Waals surface area contributed by atoms with Crippen molar-refractivity contribution in [2.24, 2.45) is 16.6 Å². The molecular weight excluding hydrogens is 190 g/mol. The van der Waals surface area contributed by atoms with Gasteiger partial charge in [-0.1, -0.05) is 20.8 Å². The Morgan fingerprint density at radius 2 is 1.87 bits per heavy atom. The SMILES string of the molecule is CC(C)(C)CCC1(C(N)=O)CCOCC1. The number of amides is 1. The Balaban J connectivity index is 2.61. The monoisotopic (exact) mass is 213 g/mol. The van der Waals surface area contributed by atoms with Crippen LogP contribution in [-0.2, 0) is 9.53 Å². The van der Waals surface area contributed by atoms with E-state index in [4.69, 9.17) is 10.5 Å². The van der Waals surface area contributed by atoms with Crippen LogP contribution in [0.4, 0.5) is 0 Å². The van der Waals surface area contributed by atoms with Crippen LogP contribution in [0, 0.1) is 10.8 Å². The Morgan fingerprint density at radius 3 is 2.27 bits per heavy atom. The van der Waals surface area contributed by atoms with E-state index >= 15 is 0 Å². The van der Waals surface area contributed by atoms with E-state index < -0.39 is 0 Å². The molecule has 15 heavy (non-hydrogen) atoms. The van der Waals surface area contributed by atoms with E-state index in [0.29, 0.717) is 13.2 Å². The summed E-state index contributed by atoms with van der Waals surface area (Å²) in [5.41, 5.74) is 5.50. The molecule has 1 amide bonds. The lowest BCUT2D eigenvalue weighted by atomic mass is 9.72. The zero-order chi connectivity index (χ0) is 11.5. The summed E-state index contributed by atoms with van der Waals surface area (Å²) in [5, 5.41) is 0. The zero-order valence-corrected chi connectivity index (χ0v) is 10.1. The van der Waals surface area contributed by atoms with Crippen molar-refractivity contribution < 1.29 is 9.53 Å². The number of rotatable bonds is 3. The van der Waals surface area contributed by atoms with E-state index in [1.54, 1.807) is 0 Å². The highest BCUT2D eigenvalue weighted by atomic mass is 16.5. The molecule has 0 aromatic carbocycles. The van der Waals surface area contributed by atoms with Gasteiger partial charge in [0, 0.05) is 13.2 Å². The number of hydrogen-bond donors (Lipinski definition) is 1. The first-order chi connectivity index (χ1) is 6.86. The fourth-order valence-electron chi connectivity index (χ4n) is 2.00. The zero-order valence-electron chi connectivity index (χ0n) is 10.1. The van der Waals surface area contributed by atoms with Crippen LogP contribution in [0.2, 0.25) is 0 Å². The van der Waals surface area contributed by atoms with Gasteiger partial charge in [0.1, 0.15) is 0 Å². The minimum atomic E-state index is -0.300. The number of carbonyl (C=O) groups is 1. The highest BCUT2D eigenvalue weighted by molar-refractivity contribution is 5.80. The quantitative estimate of drug-likeness (QED) is 0.780. The van der Waals surface area contributed by atoms with Gasteiger partial charge in [-0.3, -0.25) is 4.79 Å². The first-order valence-corrected chi connectivity index (χ1v) is 5.73. The van der Waals surface area contributed by atoms with Gasteiger partial charge in [-0.15, -0.1) is 0 Å². The summed E-state index contributed by atoms with van der Waals surface area (Å²) in [6.07, 6.45) is 3.52. The lowest BCUT2D eigenvalue weighted by molar-refractivity contribution is -0.134. The summed E-state index contributed by atoms with van der Waals surface area (Å²) < 4.78 is 5.30. The van der Waals surface area contributed by atoms with E-state index in [-0.39, 0.29) is 16.7 Å². The van der Waals surface area contributed by atoms with Crippen LogP contribution < -0.4 is 5.73 Å². The molecule has 0 aromatic heterocycles. The Bertz CT molecular complexity index is 224. The second-order valence-electron chi connectivity index (χ2n) is 5.82. The van der Waals surface area contributed by atoms with Crippen molar-refractivity contribution in [3.8, 4) is 0 Å². The molecule has 1 saturated heterocycles. The topological polar surface area (TPSA) is 52.3 Å². The average Bonchev–Trinajstić information content (AvgIpc) is 2.15. The van der Waals surface area contributed by atoms with Gasteiger partial charge in [0.25, 0.3) is 0 Å². The molecule has 1 aliphatic rings. The molecule has 0 bridgehead atoms. The minimum absolute atomic E-state index is 0.143. The maximum absolute atomic E-state index is 11.6. The minimum Gasteiger partial charge on any atom is -0.381 e. The summed E-state index contributed by atoms with van der Waals surface area (Å²) in [6, 6.07) is 0. The highest BCUT2D eigenvalue weighted by Crippen LogP contribution is 2.38. The number of nitrogens with two attached hydrogens (primary N) is 1. The predicted molar refractivity (Wildman–Crippen MR) is 60.4 cm³/mol. The molecule has 0 aromatic rings. The fraction of sp³-hybridized carbons (Fsp3) is 0.917. The molecule has 3 nitrogen and oxygen atoms in total. The van der Waals surface area contributed by atoms with Crippen LogP contribution in [0.25, 0.3) is 0 Å². The second kappa shape index (κ2) is 4.52. The first-order valence-electron chi connectivity index (χ1n) is 5.73. The Morgan fingerprint density at radius 1 is 1.33 bits per heavy atom. The van der Waals surface area contributed by atoms with Crippen LogP contribution >= 0.6 is 0 Å². The van der Waals surface area contributed by atoms with Crippen molar-refractivity contribution in [3.63, 3.8) is 0 Å². The third-order valence-electron chi connectivity index (χ3n) is 3.33. The molecule has 1 rings (SSSR count). The smallest absolute Gasteiger partial charge is 0.223 e. The maximum Gasteiger partial charge on any atom is 0.223 e. The number of ether oxygens (including phenoxy) is 1. The van der Waals surface area contributed by atoms with E-state index in [1.165, 1.54) is 0 Å². The van der Waals surface area contributed by atoms with Crippen molar-refractivity contribution in [1.29, 1.82) is 0 Å². The van der Waals surface area contributed by atoms with Crippen LogP contribution in [0.3, 0.4) is 0 Å². The van der Waals surface area contributed by atoms with Crippen LogP contribution in [0.15, 0.2) is 0 Å². The standard InChI is InChI=1S/C12H23NO2/c1-11(2,3)4-5-12(10(13)14)6-8-15-9-7-12/h4-9H2,1-3H3,(H2,13,14). The van der Waals surface area contributed by atoms with E-state index in [2.05, 4.69) is 20.8 Å². The molecule has 1 heterocycles. The van der Waals surface area contributed by atoms with Crippen LogP contribution in [0.1, 0.15) is 46.5 Å². The average molecular weight is 213 g/mol. The lowest BCUT2D eigenvalue weighted by Gasteiger charge is -2.36. The molecule has 88 valence electrons. The molecule has 0 radical (unpaired) electrons. The van der Waals surface area contributed by atoms with Gasteiger partial charge in [-0.25, -0.2) is 0 Å². The molecule has 0 unspecified atom stereocenters. The summed E-state index contributed by atoms with van der Waals surface area (Å²) >= 11 is 0. The summed E-state index contributed by atoms with van der Waals surface area (Å²) in [7, 11) is 0. The Kier molecular flexibility index (Phi) is 3.77. The normalized spacial score (nSPS) is 21.3. The van der Waals surface area contributed by atoms with Gasteiger partial charge in [0.05, 0.1) is 5.41 Å². The Hall–Kier alpha value is -0.570. The van der Waals surface area contributed by atoms with Crippen LogP contribution in [0.5, 0.6) is 0 Å². The summed E-state index contributed by atoms with van der Waals surface area (Å²) in [6.45, 7) is 7.93. The third-order valence-corrected chi connectivity index (χ3v) is 3.33. The Labute approximate surface area is 92.4 Å². The van der Waals surface area contributed by atoms with Gasteiger partial charge in [0.15, 0.2) is 0 Å². The van der Waals surface area contributed by atoms with Crippen molar-refractivity contribution in [2.45, 2.75) is 46.5 Å². The molecule has 1 aliphatic heterocycles. The van der Waals surface area contributed by atoms with Gasteiger partial charge >= 0.3 is 0 Å². The summed E-state index contributed by atoms with van der Waals surface area (Å²) in [5.74, 6) is -0.143. The number of hydrogen-bond acceptors (Lipinski definition) is 2. The van der Waals surface area contributed by atoms with Crippen molar-refractivity contribution in [2.75, 3.05) is 13.2 Å². The molecule has 0 aliphatic carbocycles. The first kappa shape index (κ1) is 12.5. The molecule has 0 atom stereocenters. The van der Waals surface area contributed by atoms with Crippen molar-refractivity contribution >= 4 is 5.91 Å². The van der Waals surface area contributed by atoms with Gasteiger partial charge in [-0.05, 0) is 31.1 Å². The second-order valence-corrected chi connectivity index (χ2v) is 5.82. The number of primary amides is 1. The lowest BCUT2D eigenvalue weighted by Crippen LogP contribution is -2.42. The van der Waals surface area contributed by atoms with E-state index in [0.717, 1.165) is 25.7 Å².